The van der Waals surface area contributed by atoms with Crippen LogP contribution in [0.15, 0.2) is 52.7 Å². The summed E-state index contributed by atoms with van der Waals surface area (Å²) in [6.07, 6.45) is 2.19. The van der Waals surface area contributed by atoms with E-state index >= 15 is 0 Å². The Balaban J connectivity index is 1.63. The third-order valence-corrected chi connectivity index (χ3v) is 5.67. The predicted octanol–water partition coefficient (Wildman–Crippen LogP) is 2.43. The van der Waals surface area contributed by atoms with Gasteiger partial charge >= 0.3 is 0 Å². The number of aliphatic hydroxyl groups excluding tert-OH is 1. The molecule has 2 saturated heterocycles. The van der Waals surface area contributed by atoms with E-state index in [0.717, 1.165) is 19.6 Å². The lowest BCUT2D eigenvalue weighted by atomic mass is 9.99. The number of ketones is 1. The van der Waals surface area contributed by atoms with E-state index in [4.69, 9.17) is 13.9 Å². The first-order valence-electron chi connectivity index (χ1n) is 10.4. The SMILES string of the molecule is COc1cccc(/C(O)=C2\C(=O)C(=O)N(CCCN3CCOCC3)[C@H]2c2ccco2)c1. The zero-order valence-electron chi connectivity index (χ0n) is 17.5. The highest BCUT2D eigenvalue weighted by Gasteiger charge is 2.47. The number of morpholine rings is 1. The molecular formula is C23H26N2O6. The molecule has 0 spiro atoms. The number of nitrogens with zero attached hydrogens (tertiary/aromatic N) is 2. The molecular weight excluding hydrogens is 400 g/mol. The maximum atomic E-state index is 12.9. The number of rotatable bonds is 7. The van der Waals surface area contributed by atoms with Crippen LogP contribution in [0.25, 0.3) is 5.76 Å². The van der Waals surface area contributed by atoms with Crippen LogP contribution in [0.4, 0.5) is 0 Å². The summed E-state index contributed by atoms with van der Waals surface area (Å²) in [6.45, 7) is 4.30. The average molecular weight is 426 g/mol. The first kappa shape index (κ1) is 21.1. The van der Waals surface area contributed by atoms with Crippen LogP contribution in [0.2, 0.25) is 0 Å². The second-order valence-corrected chi connectivity index (χ2v) is 7.55. The first-order chi connectivity index (χ1) is 15.1. The van der Waals surface area contributed by atoms with Crippen molar-refractivity contribution >= 4 is 17.4 Å². The van der Waals surface area contributed by atoms with Gasteiger partial charge < -0.3 is 23.9 Å². The maximum absolute atomic E-state index is 12.9. The Labute approximate surface area is 180 Å². The van der Waals surface area contributed by atoms with Gasteiger partial charge in [-0.25, -0.2) is 0 Å². The van der Waals surface area contributed by atoms with Gasteiger partial charge in [-0.1, -0.05) is 12.1 Å². The van der Waals surface area contributed by atoms with E-state index in [1.807, 2.05) is 0 Å². The summed E-state index contributed by atoms with van der Waals surface area (Å²) < 4.78 is 16.1. The molecule has 0 unspecified atom stereocenters. The lowest BCUT2D eigenvalue weighted by Gasteiger charge is -2.28. The minimum atomic E-state index is -0.772. The molecule has 164 valence electrons. The van der Waals surface area contributed by atoms with Crippen LogP contribution in [0, 0.1) is 0 Å². The number of furan rings is 1. The normalized spacial score (nSPS) is 21.6. The second-order valence-electron chi connectivity index (χ2n) is 7.55. The van der Waals surface area contributed by atoms with Crippen LogP contribution >= 0.6 is 0 Å². The predicted molar refractivity (Wildman–Crippen MR) is 113 cm³/mol. The third-order valence-electron chi connectivity index (χ3n) is 5.67. The second kappa shape index (κ2) is 9.36. The summed E-state index contributed by atoms with van der Waals surface area (Å²) in [4.78, 5) is 29.6. The van der Waals surface area contributed by atoms with E-state index in [2.05, 4.69) is 4.90 Å². The Morgan fingerprint density at radius 2 is 1.97 bits per heavy atom. The van der Waals surface area contributed by atoms with Crippen molar-refractivity contribution in [3.63, 3.8) is 0 Å². The molecule has 0 radical (unpaired) electrons. The number of hydrogen-bond donors (Lipinski definition) is 1. The number of carbonyl (C=O) groups excluding carboxylic acids is 2. The van der Waals surface area contributed by atoms with Crippen LogP contribution in [0.5, 0.6) is 5.75 Å². The number of amides is 1. The number of benzene rings is 1. The third kappa shape index (κ3) is 4.35. The molecule has 2 fully saturated rings. The molecule has 31 heavy (non-hydrogen) atoms. The summed E-state index contributed by atoms with van der Waals surface area (Å²) in [5.41, 5.74) is 0.432. The van der Waals surface area contributed by atoms with E-state index in [-0.39, 0.29) is 11.3 Å². The minimum absolute atomic E-state index is 0.0274. The van der Waals surface area contributed by atoms with Crippen molar-refractivity contribution in [1.82, 2.24) is 9.80 Å². The number of methoxy groups -OCH3 is 1. The molecule has 8 nitrogen and oxygen atoms in total. The molecule has 2 aromatic rings. The Morgan fingerprint density at radius 3 is 2.68 bits per heavy atom. The monoisotopic (exact) mass is 426 g/mol. The number of Topliss-reactive ketones (excluding diaryl/α,β-unsaturated/α-hetero) is 1. The highest BCUT2D eigenvalue weighted by Crippen LogP contribution is 2.39. The fourth-order valence-corrected chi connectivity index (χ4v) is 4.07. The van der Waals surface area contributed by atoms with Crippen LogP contribution in [0.3, 0.4) is 0 Å². The smallest absolute Gasteiger partial charge is 0.295 e. The van der Waals surface area contributed by atoms with Gasteiger partial charge in [0.25, 0.3) is 11.7 Å². The maximum Gasteiger partial charge on any atom is 0.295 e. The van der Waals surface area contributed by atoms with Crippen LogP contribution in [-0.2, 0) is 14.3 Å². The minimum Gasteiger partial charge on any atom is -0.507 e. The lowest BCUT2D eigenvalue weighted by molar-refractivity contribution is -0.140. The number of ether oxygens (including phenoxy) is 2. The van der Waals surface area contributed by atoms with E-state index in [9.17, 15) is 14.7 Å². The molecule has 1 amide bonds. The Morgan fingerprint density at radius 1 is 1.16 bits per heavy atom. The highest BCUT2D eigenvalue weighted by molar-refractivity contribution is 6.46. The quantitative estimate of drug-likeness (QED) is 0.413. The number of carbonyl (C=O) groups is 2. The van der Waals surface area contributed by atoms with Gasteiger partial charge in [0.2, 0.25) is 0 Å². The molecule has 1 N–H and O–H groups in total. The highest BCUT2D eigenvalue weighted by atomic mass is 16.5. The van der Waals surface area contributed by atoms with Crippen molar-refractivity contribution in [3.8, 4) is 5.75 Å². The van der Waals surface area contributed by atoms with Gasteiger partial charge in [0.15, 0.2) is 0 Å². The van der Waals surface area contributed by atoms with E-state index in [1.54, 1.807) is 36.4 Å². The van der Waals surface area contributed by atoms with Crippen LogP contribution in [0.1, 0.15) is 23.8 Å². The molecule has 4 rings (SSSR count). The average Bonchev–Trinajstić information content (AvgIpc) is 3.42. The van der Waals surface area contributed by atoms with Gasteiger partial charge in [0, 0.05) is 31.7 Å². The van der Waals surface area contributed by atoms with E-state index in [0.29, 0.717) is 43.3 Å². The fraction of sp³-hybridized carbons (Fsp3) is 0.391. The van der Waals surface area contributed by atoms with Crippen LogP contribution < -0.4 is 4.74 Å². The molecule has 3 heterocycles. The number of aliphatic hydroxyl groups is 1. The molecule has 0 aliphatic carbocycles. The molecule has 0 saturated carbocycles. The van der Waals surface area contributed by atoms with Crippen molar-refractivity contribution in [2.45, 2.75) is 12.5 Å². The summed E-state index contributed by atoms with van der Waals surface area (Å²) in [7, 11) is 1.52. The summed E-state index contributed by atoms with van der Waals surface area (Å²) in [6, 6.07) is 9.40. The van der Waals surface area contributed by atoms with Gasteiger partial charge in [-0.3, -0.25) is 14.5 Å². The molecule has 1 aromatic carbocycles. The van der Waals surface area contributed by atoms with E-state index in [1.165, 1.54) is 18.3 Å². The van der Waals surface area contributed by atoms with Crippen molar-refractivity contribution in [1.29, 1.82) is 0 Å². The van der Waals surface area contributed by atoms with Crippen molar-refractivity contribution in [3.05, 3.63) is 59.6 Å². The topological polar surface area (TPSA) is 92.5 Å². The zero-order chi connectivity index (χ0) is 21.8. The summed E-state index contributed by atoms with van der Waals surface area (Å²) in [5.74, 6) is -0.608. The molecule has 0 bridgehead atoms. The summed E-state index contributed by atoms with van der Waals surface area (Å²) in [5, 5.41) is 11.0. The number of likely N-dealkylation sites (tertiary alicyclic amines) is 1. The Kier molecular flexibility index (Phi) is 6.39. The number of hydrogen-bond acceptors (Lipinski definition) is 7. The van der Waals surface area contributed by atoms with Crippen molar-refractivity contribution in [2.24, 2.45) is 0 Å². The molecule has 1 atom stereocenters. The van der Waals surface area contributed by atoms with Gasteiger partial charge in [0.05, 0.1) is 32.2 Å². The molecule has 1 aromatic heterocycles. The summed E-state index contributed by atoms with van der Waals surface area (Å²) >= 11 is 0. The van der Waals surface area contributed by atoms with Crippen molar-refractivity contribution in [2.75, 3.05) is 46.5 Å². The van der Waals surface area contributed by atoms with Crippen LogP contribution in [-0.4, -0.2) is 73.1 Å². The van der Waals surface area contributed by atoms with Gasteiger partial charge in [-0.2, -0.15) is 0 Å². The molecule has 8 heteroatoms. The standard InChI is InChI=1S/C23H26N2O6/c1-29-17-6-2-5-16(15-17)21(26)19-20(18-7-3-12-31-18)25(23(28)22(19)27)9-4-8-24-10-13-30-14-11-24/h2-3,5-7,12,15,20,26H,4,8-11,13-14H2,1H3/b21-19+/t20-/m0/s1. The lowest BCUT2D eigenvalue weighted by Crippen LogP contribution is -2.38. The van der Waals surface area contributed by atoms with Gasteiger partial charge in [0.1, 0.15) is 23.3 Å². The van der Waals surface area contributed by atoms with E-state index < -0.39 is 17.7 Å². The fourth-order valence-electron chi connectivity index (χ4n) is 4.07. The van der Waals surface area contributed by atoms with Crippen molar-refractivity contribution < 1.29 is 28.6 Å². The largest absolute Gasteiger partial charge is 0.507 e. The van der Waals surface area contributed by atoms with Gasteiger partial charge in [-0.15, -0.1) is 0 Å². The zero-order valence-corrected chi connectivity index (χ0v) is 17.5. The first-order valence-corrected chi connectivity index (χ1v) is 10.4. The molecule has 2 aliphatic heterocycles. The van der Waals surface area contributed by atoms with Gasteiger partial charge in [-0.05, 0) is 30.7 Å². The Hall–Kier alpha value is -3.10. The molecule has 2 aliphatic rings. The Bertz CT molecular complexity index is 962.